The van der Waals surface area contributed by atoms with Crippen LogP contribution in [0.25, 0.3) is 0 Å². The molecule has 0 aliphatic carbocycles. The van der Waals surface area contributed by atoms with E-state index in [-0.39, 0.29) is 30.6 Å². The number of sulfonamides is 1. The number of hydrogen-bond acceptors (Lipinski definition) is 5. The molecule has 3 aromatic carbocycles. The molecule has 8 nitrogen and oxygen atoms in total. The number of nitrogens with zero attached hydrogens (tertiary/aromatic N) is 2. The fourth-order valence-corrected chi connectivity index (χ4v) is 5.47. The standard InChI is InChI=1S/C31H38ClN3O5S/c1-6-23(3)33-31(37)28(19-24-11-8-7-9-12-24)34(20-25-13-10-14-26(32)18-25)30(36)21-35(41(5,38)39)27-17-22(2)15-16-29(27)40-4/h7-18,23,28H,6,19-21H2,1-5H3,(H,33,37)/t23-,28-/m1/s1. The van der Waals surface area contributed by atoms with Crippen molar-refractivity contribution in [3.8, 4) is 5.75 Å². The van der Waals surface area contributed by atoms with Gasteiger partial charge in [0.2, 0.25) is 21.8 Å². The Balaban J connectivity index is 2.10. The van der Waals surface area contributed by atoms with Gasteiger partial charge in [0.05, 0.1) is 19.1 Å². The molecule has 0 aliphatic rings. The van der Waals surface area contributed by atoms with Crippen molar-refractivity contribution >= 4 is 39.1 Å². The zero-order valence-corrected chi connectivity index (χ0v) is 25.7. The fourth-order valence-electron chi connectivity index (χ4n) is 4.42. The number of carbonyl (C=O) groups excluding carboxylic acids is 2. The normalized spacial score (nSPS) is 12.7. The first kappa shape index (κ1) is 32.0. The summed E-state index contributed by atoms with van der Waals surface area (Å²) in [5, 5.41) is 3.50. The molecule has 0 aromatic heterocycles. The number of hydrogen-bond donors (Lipinski definition) is 1. The van der Waals surface area contributed by atoms with Gasteiger partial charge >= 0.3 is 0 Å². The Labute approximate surface area is 248 Å². The van der Waals surface area contributed by atoms with Crippen molar-refractivity contribution < 1.29 is 22.7 Å². The monoisotopic (exact) mass is 599 g/mol. The Kier molecular flexibility index (Phi) is 11.2. The number of anilines is 1. The topological polar surface area (TPSA) is 96.0 Å². The highest BCUT2D eigenvalue weighted by Crippen LogP contribution is 2.31. The lowest BCUT2D eigenvalue weighted by atomic mass is 10.0. The maximum absolute atomic E-state index is 14.2. The molecule has 3 rings (SSSR count). The maximum atomic E-state index is 14.2. The van der Waals surface area contributed by atoms with Gasteiger partial charge in [-0.2, -0.15) is 0 Å². The van der Waals surface area contributed by atoms with Crippen LogP contribution in [0.15, 0.2) is 72.8 Å². The molecule has 2 amide bonds. The molecule has 0 unspecified atom stereocenters. The van der Waals surface area contributed by atoms with Crippen LogP contribution in [0.3, 0.4) is 0 Å². The van der Waals surface area contributed by atoms with Crippen LogP contribution < -0.4 is 14.4 Å². The van der Waals surface area contributed by atoms with Crippen molar-refractivity contribution in [3.05, 3.63) is 94.5 Å². The minimum Gasteiger partial charge on any atom is -0.495 e. The van der Waals surface area contributed by atoms with Crippen LogP contribution in [0.1, 0.15) is 37.0 Å². The summed E-state index contributed by atoms with van der Waals surface area (Å²) >= 11 is 6.26. The van der Waals surface area contributed by atoms with Crippen molar-refractivity contribution in [2.24, 2.45) is 0 Å². The van der Waals surface area contributed by atoms with E-state index in [1.165, 1.54) is 12.0 Å². The van der Waals surface area contributed by atoms with Gasteiger partial charge in [0.25, 0.3) is 0 Å². The quantitative estimate of drug-likeness (QED) is 0.299. The van der Waals surface area contributed by atoms with Crippen LogP contribution >= 0.6 is 11.6 Å². The largest absolute Gasteiger partial charge is 0.495 e. The molecule has 0 radical (unpaired) electrons. The van der Waals surface area contributed by atoms with Crippen LogP contribution in [0, 0.1) is 6.92 Å². The summed E-state index contributed by atoms with van der Waals surface area (Å²) in [6.45, 7) is 5.21. The first-order valence-corrected chi connectivity index (χ1v) is 15.7. The molecule has 0 saturated heterocycles. The Bertz CT molecular complexity index is 1450. The molecule has 3 aromatic rings. The first-order valence-electron chi connectivity index (χ1n) is 13.4. The molecule has 0 fully saturated rings. The lowest BCUT2D eigenvalue weighted by molar-refractivity contribution is -0.140. The molecule has 10 heteroatoms. The van der Waals surface area contributed by atoms with Crippen LogP contribution in [-0.4, -0.2) is 57.1 Å². The summed E-state index contributed by atoms with van der Waals surface area (Å²) in [7, 11) is -2.48. The van der Waals surface area contributed by atoms with Gasteiger partial charge in [-0.05, 0) is 61.2 Å². The Hall–Kier alpha value is -3.56. The molecule has 0 bridgehead atoms. The third kappa shape index (κ3) is 8.96. The molecule has 220 valence electrons. The highest BCUT2D eigenvalue weighted by atomic mass is 35.5. The highest BCUT2D eigenvalue weighted by molar-refractivity contribution is 7.92. The van der Waals surface area contributed by atoms with E-state index in [1.807, 2.05) is 57.2 Å². The lowest BCUT2D eigenvalue weighted by Gasteiger charge is -2.34. The average molecular weight is 600 g/mol. The van der Waals surface area contributed by atoms with Gasteiger partial charge in [0.15, 0.2) is 0 Å². The van der Waals surface area contributed by atoms with Gasteiger partial charge in [-0.25, -0.2) is 8.42 Å². The minimum atomic E-state index is -3.92. The number of amides is 2. The van der Waals surface area contributed by atoms with Gasteiger partial charge < -0.3 is 15.0 Å². The molecule has 1 N–H and O–H groups in total. The number of ether oxygens (including phenoxy) is 1. The minimum absolute atomic E-state index is 0.0490. The molecule has 0 spiro atoms. The number of aryl methyl sites for hydroxylation is 1. The van der Waals surface area contributed by atoms with Crippen LogP contribution in [0.2, 0.25) is 5.02 Å². The van der Waals surface area contributed by atoms with Crippen molar-refractivity contribution in [2.75, 3.05) is 24.2 Å². The molecule has 41 heavy (non-hydrogen) atoms. The second-order valence-electron chi connectivity index (χ2n) is 10.1. The smallest absolute Gasteiger partial charge is 0.244 e. The number of benzene rings is 3. The highest BCUT2D eigenvalue weighted by Gasteiger charge is 2.34. The summed E-state index contributed by atoms with van der Waals surface area (Å²) in [5.41, 5.74) is 2.61. The van der Waals surface area contributed by atoms with E-state index in [0.717, 1.165) is 21.7 Å². The maximum Gasteiger partial charge on any atom is 0.244 e. The summed E-state index contributed by atoms with van der Waals surface area (Å²) in [5.74, 6) is -0.553. The predicted octanol–water partition coefficient (Wildman–Crippen LogP) is 4.98. The molecule has 2 atom stereocenters. The van der Waals surface area contributed by atoms with E-state index in [9.17, 15) is 18.0 Å². The average Bonchev–Trinajstić information content (AvgIpc) is 2.93. The number of halogens is 1. The lowest BCUT2D eigenvalue weighted by Crippen LogP contribution is -2.54. The third-order valence-corrected chi connectivity index (χ3v) is 8.16. The summed E-state index contributed by atoms with van der Waals surface area (Å²) < 4.78 is 32.6. The second-order valence-corrected chi connectivity index (χ2v) is 12.5. The van der Waals surface area contributed by atoms with E-state index in [1.54, 1.807) is 36.4 Å². The van der Waals surface area contributed by atoms with E-state index in [2.05, 4.69) is 5.32 Å². The third-order valence-electron chi connectivity index (χ3n) is 6.80. The van der Waals surface area contributed by atoms with Crippen molar-refractivity contribution in [2.45, 2.75) is 52.2 Å². The van der Waals surface area contributed by atoms with Gasteiger partial charge in [-0.15, -0.1) is 0 Å². The van der Waals surface area contributed by atoms with Crippen molar-refractivity contribution in [1.29, 1.82) is 0 Å². The van der Waals surface area contributed by atoms with Crippen LogP contribution in [0.4, 0.5) is 5.69 Å². The number of carbonyl (C=O) groups is 2. The van der Waals surface area contributed by atoms with E-state index in [0.29, 0.717) is 22.8 Å². The van der Waals surface area contributed by atoms with E-state index < -0.39 is 28.5 Å². The molecular weight excluding hydrogens is 562 g/mol. The summed E-state index contributed by atoms with van der Waals surface area (Å²) in [6.07, 6.45) is 1.99. The fraction of sp³-hybridized carbons (Fsp3) is 0.355. The van der Waals surface area contributed by atoms with Gasteiger partial charge in [0.1, 0.15) is 18.3 Å². The predicted molar refractivity (Wildman–Crippen MR) is 164 cm³/mol. The number of methoxy groups -OCH3 is 1. The van der Waals surface area contributed by atoms with E-state index >= 15 is 0 Å². The van der Waals surface area contributed by atoms with Crippen molar-refractivity contribution in [1.82, 2.24) is 10.2 Å². The first-order chi connectivity index (χ1) is 19.4. The van der Waals surface area contributed by atoms with Crippen LogP contribution in [-0.2, 0) is 32.6 Å². The van der Waals surface area contributed by atoms with Crippen LogP contribution in [0.5, 0.6) is 5.75 Å². The second kappa shape index (κ2) is 14.4. The molecule has 0 aliphatic heterocycles. The number of nitrogens with one attached hydrogen (secondary N) is 1. The Morgan fingerprint density at radius 3 is 2.29 bits per heavy atom. The van der Waals surface area contributed by atoms with Gasteiger partial charge in [-0.3, -0.25) is 13.9 Å². The van der Waals surface area contributed by atoms with Gasteiger partial charge in [-0.1, -0.05) is 67.1 Å². The Morgan fingerprint density at radius 1 is 1.00 bits per heavy atom. The molecule has 0 heterocycles. The number of rotatable bonds is 13. The van der Waals surface area contributed by atoms with Crippen molar-refractivity contribution in [3.63, 3.8) is 0 Å². The van der Waals surface area contributed by atoms with E-state index in [4.69, 9.17) is 16.3 Å². The van der Waals surface area contributed by atoms with Gasteiger partial charge in [0, 0.05) is 24.0 Å². The SMILES string of the molecule is CC[C@@H](C)NC(=O)[C@@H](Cc1ccccc1)N(Cc1cccc(Cl)c1)C(=O)CN(c1cc(C)ccc1OC)S(C)(=O)=O. The summed E-state index contributed by atoms with van der Waals surface area (Å²) in [4.78, 5) is 29.4. The summed E-state index contributed by atoms with van der Waals surface area (Å²) in [6, 6.07) is 20.5. The molecular formula is C31H38ClN3O5S. The zero-order valence-electron chi connectivity index (χ0n) is 24.1. The molecule has 0 saturated carbocycles. The zero-order chi connectivity index (χ0) is 30.2. The Morgan fingerprint density at radius 2 is 1.68 bits per heavy atom.